The molecule has 0 saturated carbocycles. The third-order valence-corrected chi connectivity index (χ3v) is 2.06. The third-order valence-electron chi connectivity index (χ3n) is 2.06. The number of nitrogen functional groups attached to an aromatic ring is 2. The average molecular weight is 273 g/mol. The number of anilines is 2. The van der Waals surface area contributed by atoms with Crippen LogP contribution in [0.25, 0.3) is 10.8 Å². The molecular weight excluding hydrogens is 263 g/mol. The molecule has 0 fully saturated rings. The Balaban J connectivity index is 0.000000224. The van der Waals surface area contributed by atoms with Gasteiger partial charge in [-0.1, -0.05) is 0 Å². The number of halogens is 3. The number of alkyl halides is 3. The van der Waals surface area contributed by atoms with Crippen LogP contribution in [-0.4, -0.2) is 22.2 Å². The number of aliphatic carboxylic acids is 1. The lowest BCUT2D eigenvalue weighted by Gasteiger charge is -2.00. The van der Waals surface area contributed by atoms with Crippen molar-refractivity contribution in [2.45, 2.75) is 6.18 Å². The first-order valence-corrected chi connectivity index (χ1v) is 4.91. The van der Waals surface area contributed by atoms with Crippen molar-refractivity contribution in [1.82, 2.24) is 4.98 Å². The van der Waals surface area contributed by atoms with Gasteiger partial charge < -0.3 is 16.6 Å². The Morgan fingerprint density at radius 3 is 2.32 bits per heavy atom. The molecule has 0 spiro atoms. The first-order chi connectivity index (χ1) is 8.71. The molecule has 1 heterocycles. The van der Waals surface area contributed by atoms with E-state index in [4.69, 9.17) is 21.4 Å². The van der Waals surface area contributed by atoms with Crippen molar-refractivity contribution in [3.05, 3.63) is 30.5 Å². The highest BCUT2D eigenvalue weighted by atomic mass is 19.4. The van der Waals surface area contributed by atoms with Gasteiger partial charge in [0.1, 0.15) is 5.82 Å². The quantitative estimate of drug-likeness (QED) is 0.637. The number of benzene rings is 1. The Morgan fingerprint density at radius 1 is 1.21 bits per heavy atom. The molecule has 0 aliphatic carbocycles. The van der Waals surface area contributed by atoms with Gasteiger partial charge in [-0.3, -0.25) is 0 Å². The fraction of sp³-hybridized carbons (Fsp3) is 0.0909. The van der Waals surface area contributed by atoms with E-state index in [0.29, 0.717) is 5.82 Å². The number of hydrogen-bond donors (Lipinski definition) is 3. The van der Waals surface area contributed by atoms with Crippen LogP contribution < -0.4 is 11.5 Å². The minimum atomic E-state index is -5.08. The Labute approximate surface area is 105 Å². The normalized spacial score (nSPS) is 10.7. The van der Waals surface area contributed by atoms with Crippen LogP contribution in [0, 0.1) is 0 Å². The minimum Gasteiger partial charge on any atom is -0.475 e. The predicted molar refractivity (Wildman–Crippen MR) is 64.3 cm³/mol. The lowest BCUT2D eigenvalue weighted by atomic mass is 10.1. The SMILES string of the molecule is Nc1ccc2c(N)nccc2c1.O=C(O)C(F)(F)F. The van der Waals surface area contributed by atoms with Gasteiger partial charge in [0.2, 0.25) is 0 Å². The average Bonchev–Trinajstić information content (AvgIpc) is 2.28. The van der Waals surface area contributed by atoms with Crippen LogP contribution in [0.2, 0.25) is 0 Å². The third kappa shape index (κ3) is 4.02. The molecule has 0 aliphatic heterocycles. The number of nitrogens with two attached hydrogens (primary N) is 2. The molecule has 0 saturated heterocycles. The Kier molecular flexibility index (Phi) is 4.15. The van der Waals surface area contributed by atoms with E-state index in [1.165, 1.54) is 0 Å². The van der Waals surface area contributed by atoms with Crippen molar-refractivity contribution in [2.24, 2.45) is 0 Å². The van der Waals surface area contributed by atoms with Crippen molar-refractivity contribution in [3.63, 3.8) is 0 Å². The summed E-state index contributed by atoms with van der Waals surface area (Å²) < 4.78 is 31.7. The summed E-state index contributed by atoms with van der Waals surface area (Å²) in [6.45, 7) is 0. The Hall–Kier alpha value is -2.51. The van der Waals surface area contributed by atoms with Crippen LogP contribution >= 0.6 is 0 Å². The molecule has 8 heteroatoms. The molecule has 0 radical (unpaired) electrons. The molecule has 19 heavy (non-hydrogen) atoms. The summed E-state index contributed by atoms with van der Waals surface area (Å²) in [5.74, 6) is -2.21. The second-order valence-corrected chi connectivity index (χ2v) is 3.48. The number of carboxylic acids is 1. The Morgan fingerprint density at radius 2 is 1.79 bits per heavy atom. The van der Waals surface area contributed by atoms with Gasteiger partial charge in [-0.15, -0.1) is 0 Å². The molecular formula is C11H10F3N3O2. The van der Waals surface area contributed by atoms with Gasteiger partial charge in [-0.25, -0.2) is 9.78 Å². The molecule has 1 aromatic heterocycles. The number of pyridine rings is 1. The van der Waals surface area contributed by atoms with Gasteiger partial charge in [0.25, 0.3) is 0 Å². The number of fused-ring (bicyclic) bond motifs is 1. The van der Waals surface area contributed by atoms with Crippen molar-refractivity contribution >= 4 is 28.2 Å². The number of carboxylic acid groups (broad SMARTS) is 1. The summed E-state index contributed by atoms with van der Waals surface area (Å²) >= 11 is 0. The number of nitrogens with zero attached hydrogens (tertiary/aromatic N) is 1. The van der Waals surface area contributed by atoms with Gasteiger partial charge >= 0.3 is 12.1 Å². The highest BCUT2D eigenvalue weighted by molar-refractivity contribution is 5.92. The van der Waals surface area contributed by atoms with E-state index in [2.05, 4.69) is 4.98 Å². The molecule has 5 N–H and O–H groups in total. The fourth-order valence-corrected chi connectivity index (χ4v) is 1.22. The maximum atomic E-state index is 10.6. The molecule has 0 aliphatic rings. The van der Waals surface area contributed by atoms with Crippen LogP contribution in [0.15, 0.2) is 30.5 Å². The van der Waals surface area contributed by atoms with Gasteiger partial charge in [-0.05, 0) is 29.7 Å². The summed E-state index contributed by atoms with van der Waals surface area (Å²) in [4.78, 5) is 12.9. The smallest absolute Gasteiger partial charge is 0.475 e. The topological polar surface area (TPSA) is 102 Å². The van der Waals surface area contributed by atoms with E-state index in [1.54, 1.807) is 6.20 Å². The molecule has 2 aromatic rings. The zero-order valence-corrected chi connectivity index (χ0v) is 9.48. The highest BCUT2D eigenvalue weighted by Gasteiger charge is 2.38. The molecule has 5 nitrogen and oxygen atoms in total. The molecule has 0 atom stereocenters. The summed E-state index contributed by atoms with van der Waals surface area (Å²) in [6.07, 6.45) is -3.41. The number of aromatic nitrogens is 1. The van der Waals surface area contributed by atoms with E-state index in [9.17, 15) is 13.2 Å². The van der Waals surface area contributed by atoms with Crippen LogP contribution in [0.3, 0.4) is 0 Å². The fourth-order valence-electron chi connectivity index (χ4n) is 1.22. The molecule has 0 bridgehead atoms. The second kappa shape index (κ2) is 5.42. The molecule has 2 rings (SSSR count). The summed E-state index contributed by atoms with van der Waals surface area (Å²) in [5.41, 5.74) is 12.0. The number of rotatable bonds is 0. The molecule has 0 unspecified atom stereocenters. The van der Waals surface area contributed by atoms with Crippen LogP contribution in [-0.2, 0) is 4.79 Å². The first kappa shape index (κ1) is 14.6. The van der Waals surface area contributed by atoms with Gasteiger partial charge in [0, 0.05) is 17.3 Å². The zero-order chi connectivity index (χ0) is 14.6. The lowest BCUT2D eigenvalue weighted by molar-refractivity contribution is -0.192. The van der Waals surface area contributed by atoms with Crippen LogP contribution in [0.4, 0.5) is 24.7 Å². The van der Waals surface area contributed by atoms with Crippen molar-refractivity contribution in [2.75, 3.05) is 11.5 Å². The number of carbonyl (C=O) groups is 1. The number of hydrogen-bond acceptors (Lipinski definition) is 4. The van der Waals surface area contributed by atoms with Crippen molar-refractivity contribution < 1.29 is 23.1 Å². The zero-order valence-electron chi connectivity index (χ0n) is 9.48. The van der Waals surface area contributed by atoms with Crippen molar-refractivity contribution in [1.29, 1.82) is 0 Å². The summed E-state index contributed by atoms with van der Waals surface area (Å²) in [7, 11) is 0. The largest absolute Gasteiger partial charge is 0.490 e. The van der Waals surface area contributed by atoms with E-state index in [0.717, 1.165) is 16.5 Å². The molecule has 0 amide bonds. The summed E-state index contributed by atoms with van der Waals surface area (Å²) in [5, 5.41) is 9.11. The monoisotopic (exact) mass is 273 g/mol. The maximum Gasteiger partial charge on any atom is 0.490 e. The second-order valence-electron chi connectivity index (χ2n) is 3.48. The van der Waals surface area contributed by atoms with E-state index in [1.807, 2.05) is 24.3 Å². The van der Waals surface area contributed by atoms with Gasteiger partial charge in [0.15, 0.2) is 0 Å². The lowest BCUT2D eigenvalue weighted by Crippen LogP contribution is -2.21. The Bertz CT molecular complexity index is 599. The van der Waals surface area contributed by atoms with E-state index >= 15 is 0 Å². The van der Waals surface area contributed by atoms with Gasteiger partial charge in [-0.2, -0.15) is 13.2 Å². The van der Waals surface area contributed by atoms with E-state index < -0.39 is 12.1 Å². The van der Waals surface area contributed by atoms with Gasteiger partial charge in [0.05, 0.1) is 0 Å². The van der Waals surface area contributed by atoms with Crippen molar-refractivity contribution in [3.8, 4) is 0 Å². The molecule has 102 valence electrons. The highest BCUT2D eigenvalue weighted by Crippen LogP contribution is 2.20. The maximum absolute atomic E-state index is 10.6. The standard InChI is InChI=1S/C9H9N3.C2HF3O2/c10-7-1-2-8-6(5-7)3-4-12-9(8)11;3-2(4,5)1(6)7/h1-5H,10H2,(H2,11,12);(H,6,7). The van der Waals surface area contributed by atoms with E-state index in [-0.39, 0.29) is 0 Å². The summed E-state index contributed by atoms with van der Waals surface area (Å²) in [6, 6.07) is 7.48. The minimum absolute atomic E-state index is 0.549. The first-order valence-electron chi connectivity index (χ1n) is 4.91. The molecule has 1 aromatic carbocycles. The van der Waals surface area contributed by atoms with Crippen LogP contribution in [0.5, 0.6) is 0 Å². The van der Waals surface area contributed by atoms with Crippen LogP contribution in [0.1, 0.15) is 0 Å². The predicted octanol–water partition coefficient (Wildman–Crippen LogP) is 2.03.